The highest BCUT2D eigenvalue weighted by atomic mass is 16.5. The van der Waals surface area contributed by atoms with Crippen LogP contribution in [0.4, 0.5) is 0 Å². The Hall–Kier alpha value is -3.74. The summed E-state index contributed by atoms with van der Waals surface area (Å²) in [4.78, 5) is 17.0. The number of carbonyl (C=O) groups is 1. The van der Waals surface area contributed by atoms with E-state index in [0.717, 1.165) is 11.1 Å². The lowest BCUT2D eigenvalue weighted by Crippen LogP contribution is -2.27. The highest BCUT2D eigenvalue weighted by Gasteiger charge is 2.18. The van der Waals surface area contributed by atoms with E-state index in [4.69, 9.17) is 18.9 Å². The Morgan fingerprint density at radius 2 is 1.81 bits per heavy atom. The van der Waals surface area contributed by atoms with Crippen LogP contribution in [0.15, 0.2) is 60.9 Å². The van der Waals surface area contributed by atoms with Crippen molar-refractivity contribution in [2.45, 2.75) is 26.5 Å². The largest absolute Gasteiger partial charge is 0.497 e. The number of hydrogen-bond donors (Lipinski definition) is 1. The highest BCUT2D eigenvalue weighted by Crippen LogP contribution is 2.31. The van der Waals surface area contributed by atoms with Crippen LogP contribution in [0.25, 0.3) is 0 Å². The lowest BCUT2D eigenvalue weighted by atomic mass is 10.1. The van der Waals surface area contributed by atoms with E-state index in [-0.39, 0.29) is 11.9 Å². The molecule has 32 heavy (non-hydrogen) atoms. The monoisotopic (exact) mass is 436 g/mol. The van der Waals surface area contributed by atoms with Gasteiger partial charge in [0, 0.05) is 29.1 Å². The van der Waals surface area contributed by atoms with Gasteiger partial charge in [-0.3, -0.25) is 9.78 Å². The minimum absolute atomic E-state index is 0.234. The minimum Gasteiger partial charge on any atom is -0.497 e. The fourth-order valence-corrected chi connectivity index (χ4v) is 3.22. The predicted molar refractivity (Wildman–Crippen MR) is 122 cm³/mol. The molecule has 0 aliphatic rings. The van der Waals surface area contributed by atoms with E-state index in [2.05, 4.69) is 10.3 Å². The maximum absolute atomic E-state index is 12.9. The summed E-state index contributed by atoms with van der Waals surface area (Å²) < 4.78 is 22.3. The molecule has 0 bridgehead atoms. The predicted octanol–water partition coefficient (Wildman–Crippen LogP) is 4.57. The fourth-order valence-electron chi connectivity index (χ4n) is 3.22. The molecule has 1 atom stereocenters. The van der Waals surface area contributed by atoms with Crippen LogP contribution >= 0.6 is 0 Å². The van der Waals surface area contributed by atoms with Crippen molar-refractivity contribution >= 4 is 5.91 Å². The van der Waals surface area contributed by atoms with E-state index in [1.807, 2.05) is 44.2 Å². The summed E-state index contributed by atoms with van der Waals surface area (Å²) in [5.74, 6) is 2.20. The van der Waals surface area contributed by atoms with Gasteiger partial charge in [-0.25, -0.2) is 0 Å². The molecule has 0 fully saturated rings. The second-order valence-electron chi connectivity index (χ2n) is 7.05. The number of pyridine rings is 1. The first-order valence-corrected chi connectivity index (χ1v) is 10.4. The molecule has 7 heteroatoms. The van der Waals surface area contributed by atoms with Gasteiger partial charge in [0.15, 0.2) is 11.5 Å². The molecular formula is C25H28N2O5. The molecule has 1 amide bonds. The zero-order valence-corrected chi connectivity index (χ0v) is 18.8. The quantitative estimate of drug-likeness (QED) is 0.502. The average molecular weight is 437 g/mol. The van der Waals surface area contributed by atoms with Crippen LogP contribution in [0.1, 0.15) is 41.4 Å². The molecule has 2 aromatic carbocycles. The number of benzene rings is 2. The average Bonchev–Trinajstić information content (AvgIpc) is 2.83. The Balaban J connectivity index is 1.75. The van der Waals surface area contributed by atoms with Crippen molar-refractivity contribution in [3.8, 4) is 23.0 Å². The number of carbonyl (C=O) groups excluding carboxylic acids is 1. The van der Waals surface area contributed by atoms with Crippen LogP contribution in [0.3, 0.4) is 0 Å². The Morgan fingerprint density at radius 1 is 1.00 bits per heavy atom. The van der Waals surface area contributed by atoms with Crippen molar-refractivity contribution in [3.05, 3.63) is 77.6 Å². The number of amides is 1. The molecule has 0 aliphatic heterocycles. The zero-order valence-electron chi connectivity index (χ0n) is 18.8. The van der Waals surface area contributed by atoms with Gasteiger partial charge in [-0.2, -0.15) is 0 Å². The number of methoxy groups -OCH3 is 2. The molecule has 0 spiro atoms. The summed E-state index contributed by atoms with van der Waals surface area (Å²) in [6.07, 6.45) is 3.46. The standard InChI is InChI=1S/C25H28N2O5/c1-5-31-24-13-19(8-10-23(24)32-16-18-7-6-12-26-15-18)25(28)27-17(2)21-14-20(29-3)9-11-22(21)30-4/h6-15,17H,5,16H2,1-4H3,(H,27,28). The number of hydrogen-bond acceptors (Lipinski definition) is 6. The van der Waals surface area contributed by atoms with Gasteiger partial charge >= 0.3 is 0 Å². The van der Waals surface area contributed by atoms with E-state index < -0.39 is 0 Å². The summed E-state index contributed by atoms with van der Waals surface area (Å²) >= 11 is 0. The third kappa shape index (κ3) is 5.69. The van der Waals surface area contributed by atoms with Crippen molar-refractivity contribution < 1.29 is 23.7 Å². The number of rotatable bonds is 10. The Bertz CT molecular complexity index is 1040. The Morgan fingerprint density at radius 3 is 2.50 bits per heavy atom. The van der Waals surface area contributed by atoms with Crippen LogP contribution in [-0.4, -0.2) is 31.7 Å². The highest BCUT2D eigenvalue weighted by molar-refractivity contribution is 5.95. The van der Waals surface area contributed by atoms with Gasteiger partial charge in [-0.1, -0.05) is 6.07 Å². The summed E-state index contributed by atoms with van der Waals surface area (Å²) in [5, 5.41) is 3.01. The molecular weight excluding hydrogens is 408 g/mol. The molecule has 0 radical (unpaired) electrons. The third-order valence-corrected chi connectivity index (χ3v) is 4.87. The molecule has 1 heterocycles. The van der Waals surface area contributed by atoms with Gasteiger partial charge < -0.3 is 24.3 Å². The van der Waals surface area contributed by atoms with Crippen LogP contribution in [0.5, 0.6) is 23.0 Å². The molecule has 0 aliphatic carbocycles. The lowest BCUT2D eigenvalue weighted by molar-refractivity contribution is 0.0939. The zero-order chi connectivity index (χ0) is 22.9. The van der Waals surface area contributed by atoms with Crippen LogP contribution in [-0.2, 0) is 6.61 Å². The van der Waals surface area contributed by atoms with Crippen LogP contribution in [0, 0.1) is 0 Å². The first-order valence-electron chi connectivity index (χ1n) is 10.4. The number of aromatic nitrogens is 1. The molecule has 168 valence electrons. The summed E-state index contributed by atoms with van der Waals surface area (Å²) in [6.45, 7) is 4.58. The SMILES string of the molecule is CCOc1cc(C(=O)NC(C)c2cc(OC)ccc2OC)ccc1OCc1cccnc1. The topological polar surface area (TPSA) is 78.9 Å². The van der Waals surface area contributed by atoms with E-state index in [1.54, 1.807) is 44.8 Å². The number of ether oxygens (including phenoxy) is 4. The van der Waals surface area contributed by atoms with Crippen molar-refractivity contribution in [1.29, 1.82) is 0 Å². The van der Waals surface area contributed by atoms with Crippen LogP contribution in [0.2, 0.25) is 0 Å². The Kier molecular flexibility index (Phi) is 7.91. The number of nitrogens with one attached hydrogen (secondary N) is 1. The first kappa shape index (κ1) is 22.9. The van der Waals surface area contributed by atoms with Gasteiger partial charge in [-0.15, -0.1) is 0 Å². The summed E-state index contributed by atoms with van der Waals surface area (Å²) in [5.41, 5.74) is 2.23. The minimum atomic E-state index is -0.301. The number of nitrogens with zero attached hydrogens (tertiary/aromatic N) is 1. The maximum Gasteiger partial charge on any atom is 0.251 e. The van der Waals surface area contributed by atoms with Gasteiger partial charge in [0.25, 0.3) is 5.91 Å². The molecule has 7 nitrogen and oxygen atoms in total. The van der Waals surface area contributed by atoms with Gasteiger partial charge in [0.2, 0.25) is 0 Å². The van der Waals surface area contributed by atoms with Crippen molar-refractivity contribution in [2.24, 2.45) is 0 Å². The second-order valence-corrected chi connectivity index (χ2v) is 7.05. The molecule has 1 aromatic heterocycles. The molecule has 1 unspecified atom stereocenters. The lowest BCUT2D eigenvalue weighted by Gasteiger charge is -2.19. The second kappa shape index (κ2) is 11.0. The van der Waals surface area contributed by atoms with E-state index in [1.165, 1.54) is 0 Å². The summed E-state index contributed by atoms with van der Waals surface area (Å²) in [6, 6.07) is 14.1. The van der Waals surface area contributed by atoms with Crippen LogP contribution < -0.4 is 24.3 Å². The first-order chi connectivity index (χ1) is 15.5. The molecule has 1 N–H and O–H groups in total. The maximum atomic E-state index is 12.9. The smallest absolute Gasteiger partial charge is 0.251 e. The van der Waals surface area contributed by atoms with E-state index >= 15 is 0 Å². The summed E-state index contributed by atoms with van der Waals surface area (Å²) in [7, 11) is 3.19. The molecule has 3 aromatic rings. The third-order valence-electron chi connectivity index (χ3n) is 4.87. The van der Waals surface area contributed by atoms with Gasteiger partial charge in [-0.05, 0) is 56.3 Å². The van der Waals surface area contributed by atoms with Gasteiger partial charge in [0.05, 0.1) is 26.9 Å². The normalized spacial score (nSPS) is 11.4. The van der Waals surface area contributed by atoms with Crippen molar-refractivity contribution in [1.82, 2.24) is 10.3 Å². The Labute approximate surface area is 188 Å². The van der Waals surface area contributed by atoms with Crippen molar-refractivity contribution in [3.63, 3.8) is 0 Å². The fraction of sp³-hybridized carbons (Fsp3) is 0.280. The molecule has 0 saturated carbocycles. The van der Waals surface area contributed by atoms with E-state index in [9.17, 15) is 4.79 Å². The van der Waals surface area contributed by atoms with Gasteiger partial charge in [0.1, 0.15) is 18.1 Å². The molecule has 3 rings (SSSR count). The van der Waals surface area contributed by atoms with E-state index in [0.29, 0.717) is 41.8 Å². The van der Waals surface area contributed by atoms with Crippen molar-refractivity contribution in [2.75, 3.05) is 20.8 Å². The molecule has 0 saturated heterocycles.